The number of ketones is 2. The number of Topliss-reactive ketones (excluding diaryl/α,β-unsaturated/α-hetero) is 2. The molecule has 2 atom stereocenters. The number of ether oxygens (including phenoxy) is 1. The molecule has 0 saturated heterocycles. The molecular weight excluding hydrogens is 366 g/mol. The average molecular weight is 389 g/mol. The number of carbonyl (C=O) groups excluding carboxylic acids is 3. The molecule has 4 rings (SSSR count). The Kier molecular flexibility index (Phi) is 5.05. The summed E-state index contributed by atoms with van der Waals surface area (Å²) in [6.45, 7) is 4.17. The van der Waals surface area contributed by atoms with Crippen molar-refractivity contribution in [3.05, 3.63) is 71.3 Å². The van der Waals surface area contributed by atoms with Crippen LogP contribution in [-0.2, 0) is 22.6 Å². The zero-order valence-electron chi connectivity index (χ0n) is 16.4. The van der Waals surface area contributed by atoms with Gasteiger partial charge in [-0.25, -0.2) is 0 Å². The molecule has 1 saturated carbocycles. The number of rotatable bonds is 5. The van der Waals surface area contributed by atoms with Crippen molar-refractivity contribution in [2.24, 2.45) is 5.92 Å². The second kappa shape index (κ2) is 7.66. The summed E-state index contributed by atoms with van der Waals surface area (Å²) >= 11 is 0. The van der Waals surface area contributed by atoms with Crippen LogP contribution >= 0.6 is 0 Å². The van der Waals surface area contributed by atoms with Crippen LogP contribution in [0.5, 0.6) is 5.75 Å². The Labute approximate surface area is 170 Å². The maximum absolute atomic E-state index is 13.2. The van der Waals surface area contributed by atoms with E-state index in [0.717, 1.165) is 22.4 Å². The number of hydrogen-bond acceptors (Lipinski definition) is 4. The lowest BCUT2D eigenvalue weighted by Gasteiger charge is -2.33. The van der Waals surface area contributed by atoms with E-state index in [1.807, 2.05) is 36.4 Å². The van der Waals surface area contributed by atoms with Crippen molar-refractivity contribution in [2.45, 2.75) is 31.8 Å². The Morgan fingerprint density at radius 1 is 1.14 bits per heavy atom. The van der Waals surface area contributed by atoms with Gasteiger partial charge < -0.3 is 9.64 Å². The lowest BCUT2D eigenvalue weighted by atomic mass is 9.79. The van der Waals surface area contributed by atoms with Crippen LogP contribution in [0.3, 0.4) is 0 Å². The smallest absolute Gasteiger partial charge is 0.255 e. The maximum Gasteiger partial charge on any atom is 0.255 e. The van der Waals surface area contributed by atoms with Gasteiger partial charge in [0, 0.05) is 18.5 Å². The Morgan fingerprint density at radius 2 is 1.90 bits per heavy atom. The van der Waals surface area contributed by atoms with Crippen LogP contribution in [0.4, 0.5) is 0 Å². The van der Waals surface area contributed by atoms with E-state index in [0.29, 0.717) is 31.4 Å². The second-order valence-electron chi connectivity index (χ2n) is 7.58. The zero-order chi connectivity index (χ0) is 20.5. The highest BCUT2D eigenvalue weighted by molar-refractivity contribution is 6.09. The summed E-state index contributed by atoms with van der Waals surface area (Å²) < 4.78 is 5.16. The van der Waals surface area contributed by atoms with Crippen molar-refractivity contribution in [1.82, 2.24) is 4.90 Å². The standard InChI is InChI=1S/C24H23NO4/c1-3-15-6-9-19-17(12-15)14-25(24(19)28)21-10-11-22(26)20(23(21)27)13-16-4-7-18(29-2)8-5-16/h3-9,12,20-21H,1,10-11,13-14H2,2H3. The summed E-state index contributed by atoms with van der Waals surface area (Å²) in [5, 5.41) is 0. The molecule has 0 bridgehead atoms. The van der Waals surface area contributed by atoms with Crippen molar-refractivity contribution < 1.29 is 19.1 Å². The lowest BCUT2D eigenvalue weighted by molar-refractivity contribution is -0.139. The van der Waals surface area contributed by atoms with Crippen LogP contribution in [0.1, 0.15) is 39.9 Å². The molecule has 0 N–H and O–H groups in total. The minimum atomic E-state index is -0.706. The van der Waals surface area contributed by atoms with E-state index in [-0.39, 0.29) is 17.5 Å². The highest BCUT2D eigenvalue weighted by Crippen LogP contribution is 2.32. The van der Waals surface area contributed by atoms with Crippen LogP contribution in [0.2, 0.25) is 0 Å². The van der Waals surface area contributed by atoms with Gasteiger partial charge in [-0.1, -0.05) is 30.9 Å². The molecule has 1 aliphatic carbocycles. The highest BCUT2D eigenvalue weighted by Gasteiger charge is 2.43. The molecule has 29 heavy (non-hydrogen) atoms. The summed E-state index contributed by atoms with van der Waals surface area (Å²) in [6, 6.07) is 12.4. The molecule has 5 nitrogen and oxygen atoms in total. The maximum atomic E-state index is 13.2. The molecule has 1 heterocycles. The van der Waals surface area contributed by atoms with E-state index in [9.17, 15) is 14.4 Å². The van der Waals surface area contributed by atoms with Gasteiger partial charge >= 0.3 is 0 Å². The third kappa shape index (κ3) is 3.48. The molecule has 2 aromatic rings. The number of amides is 1. The van der Waals surface area contributed by atoms with Crippen LogP contribution in [0, 0.1) is 5.92 Å². The first-order valence-corrected chi connectivity index (χ1v) is 9.77. The Bertz CT molecular complexity index is 992. The largest absolute Gasteiger partial charge is 0.497 e. The van der Waals surface area contributed by atoms with Crippen molar-refractivity contribution in [2.75, 3.05) is 7.11 Å². The molecule has 148 valence electrons. The fourth-order valence-corrected chi connectivity index (χ4v) is 4.25. The normalized spacial score (nSPS) is 21.3. The van der Waals surface area contributed by atoms with Gasteiger partial charge in [0.05, 0.1) is 19.1 Å². The first-order valence-electron chi connectivity index (χ1n) is 9.77. The van der Waals surface area contributed by atoms with Gasteiger partial charge in [0.25, 0.3) is 5.91 Å². The number of nitrogens with zero attached hydrogens (tertiary/aromatic N) is 1. The number of benzene rings is 2. The number of fused-ring (bicyclic) bond motifs is 1. The number of carbonyl (C=O) groups is 3. The highest BCUT2D eigenvalue weighted by atomic mass is 16.5. The van der Waals surface area contributed by atoms with Gasteiger partial charge in [-0.2, -0.15) is 0 Å². The van der Waals surface area contributed by atoms with Crippen LogP contribution < -0.4 is 4.74 Å². The van der Waals surface area contributed by atoms with Gasteiger partial charge in [-0.15, -0.1) is 0 Å². The molecular formula is C24H23NO4. The number of methoxy groups -OCH3 is 1. The van der Waals surface area contributed by atoms with E-state index in [2.05, 4.69) is 6.58 Å². The molecule has 0 aromatic heterocycles. The van der Waals surface area contributed by atoms with Crippen molar-refractivity contribution in [1.29, 1.82) is 0 Å². The first-order chi connectivity index (χ1) is 14.0. The molecule has 2 unspecified atom stereocenters. The van der Waals surface area contributed by atoms with Gasteiger partial charge in [0.1, 0.15) is 11.5 Å². The van der Waals surface area contributed by atoms with Crippen molar-refractivity contribution in [3.8, 4) is 5.75 Å². The molecule has 5 heteroatoms. The molecule has 1 amide bonds. The van der Waals surface area contributed by atoms with Gasteiger partial charge in [-0.3, -0.25) is 14.4 Å². The van der Waals surface area contributed by atoms with Gasteiger partial charge in [-0.05, 0) is 53.8 Å². The SMILES string of the molecule is C=Cc1ccc2c(c1)CN(C1CCC(=O)C(Cc3ccc(OC)cc3)C1=O)C2=O. The topological polar surface area (TPSA) is 63.7 Å². The minimum absolute atomic E-state index is 0.0415. The quantitative estimate of drug-likeness (QED) is 0.735. The Balaban J connectivity index is 1.54. The average Bonchev–Trinajstić information content (AvgIpc) is 3.07. The Hall–Kier alpha value is -3.21. The summed E-state index contributed by atoms with van der Waals surface area (Å²) in [5.74, 6) is -0.302. The van der Waals surface area contributed by atoms with E-state index >= 15 is 0 Å². The van der Waals surface area contributed by atoms with Gasteiger partial charge in [0.2, 0.25) is 0 Å². The predicted molar refractivity (Wildman–Crippen MR) is 110 cm³/mol. The second-order valence-corrected chi connectivity index (χ2v) is 7.58. The predicted octanol–water partition coefficient (Wildman–Crippen LogP) is 3.45. The molecule has 2 aromatic carbocycles. The lowest BCUT2D eigenvalue weighted by Crippen LogP contribution is -2.49. The van der Waals surface area contributed by atoms with Crippen LogP contribution in [0.25, 0.3) is 6.08 Å². The van der Waals surface area contributed by atoms with Crippen LogP contribution in [0.15, 0.2) is 49.0 Å². The Morgan fingerprint density at radius 3 is 2.59 bits per heavy atom. The van der Waals surface area contributed by atoms with E-state index in [4.69, 9.17) is 4.74 Å². The molecule has 1 fully saturated rings. The van der Waals surface area contributed by atoms with Crippen LogP contribution in [-0.4, -0.2) is 35.5 Å². The summed E-state index contributed by atoms with van der Waals surface area (Å²) in [7, 11) is 1.59. The third-order valence-corrected chi connectivity index (χ3v) is 5.90. The summed E-state index contributed by atoms with van der Waals surface area (Å²) in [6.07, 6.45) is 2.80. The fourth-order valence-electron chi connectivity index (χ4n) is 4.25. The fraction of sp³-hybridized carbons (Fsp3) is 0.292. The van der Waals surface area contributed by atoms with E-state index in [1.165, 1.54) is 0 Å². The van der Waals surface area contributed by atoms with E-state index < -0.39 is 12.0 Å². The number of hydrogen-bond donors (Lipinski definition) is 0. The molecule has 1 aliphatic heterocycles. The monoisotopic (exact) mass is 389 g/mol. The van der Waals surface area contributed by atoms with Gasteiger partial charge in [0.15, 0.2) is 5.78 Å². The zero-order valence-corrected chi connectivity index (χ0v) is 16.4. The summed E-state index contributed by atoms with van der Waals surface area (Å²) in [4.78, 5) is 40.3. The van der Waals surface area contributed by atoms with E-state index in [1.54, 1.807) is 24.2 Å². The first kappa shape index (κ1) is 19.1. The minimum Gasteiger partial charge on any atom is -0.497 e. The third-order valence-electron chi connectivity index (χ3n) is 5.90. The summed E-state index contributed by atoms with van der Waals surface area (Å²) in [5.41, 5.74) is 3.39. The molecule has 0 radical (unpaired) electrons. The van der Waals surface area contributed by atoms with Crippen molar-refractivity contribution >= 4 is 23.5 Å². The molecule has 2 aliphatic rings. The molecule has 0 spiro atoms. The van der Waals surface area contributed by atoms with Crippen molar-refractivity contribution in [3.63, 3.8) is 0 Å².